The Bertz CT molecular complexity index is 1310. The van der Waals surface area contributed by atoms with Crippen molar-refractivity contribution < 1.29 is 23.8 Å². The molecule has 206 valence electrons. The van der Waals surface area contributed by atoms with Gasteiger partial charge in [-0.2, -0.15) is 0 Å². The molecule has 0 bridgehead atoms. The fourth-order valence-electron chi connectivity index (χ4n) is 4.50. The minimum Gasteiger partial charge on any atom is -0.493 e. The van der Waals surface area contributed by atoms with E-state index in [0.717, 1.165) is 17.8 Å². The van der Waals surface area contributed by atoms with Crippen molar-refractivity contribution in [3.05, 3.63) is 82.0 Å². The number of fused-ring (bicyclic) bond motifs is 1. The first kappa shape index (κ1) is 28.3. The molecule has 2 aromatic rings. The second-order valence-electron chi connectivity index (χ2n) is 9.37. The summed E-state index contributed by atoms with van der Waals surface area (Å²) in [4.78, 5) is 35.2. The Kier molecular flexibility index (Phi) is 9.32. The molecule has 2 aromatic carbocycles. The Morgan fingerprint density at radius 2 is 1.85 bits per heavy atom. The van der Waals surface area contributed by atoms with Crippen LogP contribution in [-0.4, -0.2) is 68.2 Å². The third kappa shape index (κ3) is 6.46. The van der Waals surface area contributed by atoms with Crippen LogP contribution in [0, 0.1) is 0 Å². The number of esters is 1. The third-order valence-electron chi connectivity index (χ3n) is 6.38. The second kappa shape index (κ2) is 12.9. The predicted molar refractivity (Wildman–Crippen MR) is 152 cm³/mol. The van der Waals surface area contributed by atoms with Gasteiger partial charge < -0.3 is 29.3 Å². The van der Waals surface area contributed by atoms with Gasteiger partial charge in [0.25, 0.3) is 0 Å². The maximum Gasteiger partial charge on any atom is 0.338 e. The number of thioether (sulfide) groups is 1. The van der Waals surface area contributed by atoms with Crippen molar-refractivity contribution in [2.24, 2.45) is 4.99 Å². The number of ether oxygens (including phenoxy) is 3. The van der Waals surface area contributed by atoms with Gasteiger partial charge >= 0.3 is 5.97 Å². The SMILES string of the molecule is COc1cccc(C2C(C(=O)OCc3ccccc3)=C(C)N=C3SC=C(CC(=O)NCCN(C)C)N32)c1OC. The molecule has 0 saturated carbocycles. The van der Waals surface area contributed by atoms with E-state index in [-0.39, 0.29) is 18.9 Å². The van der Waals surface area contributed by atoms with E-state index in [1.165, 1.54) is 11.8 Å². The molecule has 10 heteroatoms. The van der Waals surface area contributed by atoms with Crippen LogP contribution in [0.3, 0.4) is 0 Å². The number of aliphatic imine (C=N–C) groups is 1. The highest BCUT2D eigenvalue weighted by Crippen LogP contribution is 2.48. The highest BCUT2D eigenvalue weighted by Gasteiger charge is 2.42. The molecule has 0 fully saturated rings. The summed E-state index contributed by atoms with van der Waals surface area (Å²) in [5, 5.41) is 5.56. The Labute approximate surface area is 233 Å². The van der Waals surface area contributed by atoms with Crippen LogP contribution in [-0.2, 0) is 20.9 Å². The zero-order chi connectivity index (χ0) is 27.9. The van der Waals surface area contributed by atoms with Gasteiger partial charge in [-0.1, -0.05) is 54.2 Å². The zero-order valence-electron chi connectivity index (χ0n) is 22.9. The first-order valence-electron chi connectivity index (χ1n) is 12.6. The highest BCUT2D eigenvalue weighted by molar-refractivity contribution is 8.16. The van der Waals surface area contributed by atoms with Crippen molar-refractivity contribution in [1.29, 1.82) is 0 Å². The molecular formula is C29H34N4O5S. The normalized spacial score (nSPS) is 16.5. The molecule has 1 amide bonds. The van der Waals surface area contributed by atoms with Gasteiger partial charge in [0, 0.05) is 24.4 Å². The molecule has 2 aliphatic rings. The topological polar surface area (TPSA) is 92.7 Å². The summed E-state index contributed by atoms with van der Waals surface area (Å²) in [7, 11) is 7.05. The Morgan fingerprint density at radius 1 is 1.08 bits per heavy atom. The predicted octanol–water partition coefficient (Wildman–Crippen LogP) is 4.09. The minimum absolute atomic E-state index is 0.110. The molecule has 0 saturated heterocycles. The van der Waals surface area contributed by atoms with E-state index >= 15 is 0 Å². The lowest BCUT2D eigenvalue weighted by molar-refractivity contribution is -0.141. The van der Waals surface area contributed by atoms with E-state index < -0.39 is 12.0 Å². The van der Waals surface area contributed by atoms with E-state index in [0.29, 0.717) is 40.0 Å². The average Bonchev–Trinajstić information content (AvgIpc) is 3.32. The number of para-hydroxylation sites is 1. The van der Waals surface area contributed by atoms with Crippen LogP contribution >= 0.6 is 11.8 Å². The van der Waals surface area contributed by atoms with Crippen molar-refractivity contribution in [2.75, 3.05) is 41.4 Å². The van der Waals surface area contributed by atoms with E-state index in [9.17, 15) is 9.59 Å². The summed E-state index contributed by atoms with van der Waals surface area (Å²) in [6.45, 7) is 3.20. The molecular weight excluding hydrogens is 516 g/mol. The maximum atomic E-state index is 13.7. The number of nitrogens with one attached hydrogen (secondary N) is 1. The highest BCUT2D eigenvalue weighted by atomic mass is 32.2. The lowest BCUT2D eigenvalue weighted by Gasteiger charge is -2.37. The number of likely N-dealkylation sites (N-methyl/N-ethyl adjacent to an activating group) is 1. The van der Waals surface area contributed by atoms with E-state index in [1.54, 1.807) is 27.2 Å². The molecule has 1 unspecified atom stereocenters. The van der Waals surface area contributed by atoms with Gasteiger partial charge in [-0.15, -0.1) is 0 Å². The van der Waals surface area contributed by atoms with Crippen LogP contribution in [0.1, 0.15) is 30.5 Å². The number of amides is 1. The van der Waals surface area contributed by atoms with E-state index in [1.807, 2.05) is 71.8 Å². The van der Waals surface area contributed by atoms with Crippen molar-refractivity contribution in [3.8, 4) is 11.5 Å². The molecule has 1 N–H and O–H groups in total. The Hall–Kier alpha value is -3.76. The van der Waals surface area contributed by atoms with E-state index in [2.05, 4.69) is 5.32 Å². The number of allylic oxidation sites excluding steroid dienone is 1. The Balaban J connectivity index is 1.70. The van der Waals surface area contributed by atoms with Crippen LogP contribution in [0.25, 0.3) is 0 Å². The van der Waals surface area contributed by atoms with Gasteiger partial charge in [0.05, 0.1) is 38.0 Å². The van der Waals surface area contributed by atoms with Crippen molar-refractivity contribution in [3.63, 3.8) is 0 Å². The van der Waals surface area contributed by atoms with Gasteiger partial charge in [-0.3, -0.25) is 4.79 Å². The first-order chi connectivity index (χ1) is 18.8. The number of benzene rings is 2. The molecule has 1 atom stereocenters. The Morgan fingerprint density at radius 3 is 2.54 bits per heavy atom. The van der Waals surface area contributed by atoms with Gasteiger partial charge in [-0.05, 0) is 38.1 Å². The van der Waals surface area contributed by atoms with Gasteiger partial charge in [0.1, 0.15) is 6.61 Å². The summed E-state index contributed by atoms with van der Waals surface area (Å²) in [5.41, 5.74) is 3.24. The molecule has 2 aliphatic heterocycles. The van der Waals surface area contributed by atoms with Gasteiger partial charge in [0.15, 0.2) is 16.7 Å². The largest absolute Gasteiger partial charge is 0.493 e. The number of rotatable bonds is 11. The molecule has 4 rings (SSSR count). The van der Waals surface area contributed by atoms with E-state index in [4.69, 9.17) is 19.2 Å². The molecule has 39 heavy (non-hydrogen) atoms. The number of hydrogen-bond donors (Lipinski definition) is 1. The molecule has 0 aliphatic carbocycles. The summed E-state index contributed by atoms with van der Waals surface area (Å²) in [6, 6.07) is 14.4. The summed E-state index contributed by atoms with van der Waals surface area (Å²) >= 11 is 1.42. The van der Waals surface area contributed by atoms with Gasteiger partial charge in [0.2, 0.25) is 5.91 Å². The smallest absolute Gasteiger partial charge is 0.338 e. The number of carbonyl (C=O) groups excluding carboxylic acids is 2. The quantitative estimate of drug-likeness (QED) is 0.419. The van der Waals surface area contributed by atoms with Crippen LogP contribution in [0.4, 0.5) is 0 Å². The zero-order valence-corrected chi connectivity index (χ0v) is 23.7. The third-order valence-corrected chi connectivity index (χ3v) is 7.27. The molecule has 0 spiro atoms. The van der Waals surface area contributed by atoms with Crippen LogP contribution < -0.4 is 14.8 Å². The number of methoxy groups -OCH3 is 2. The maximum absolute atomic E-state index is 13.7. The van der Waals surface area contributed by atoms with Crippen LogP contribution in [0.15, 0.2) is 75.9 Å². The monoisotopic (exact) mass is 550 g/mol. The molecule has 0 radical (unpaired) electrons. The summed E-state index contributed by atoms with van der Waals surface area (Å²) < 4.78 is 17.1. The molecule has 0 aromatic heterocycles. The van der Waals surface area contributed by atoms with Gasteiger partial charge in [-0.25, -0.2) is 9.79 Å². The lowest BCUT2D eigenvalue weighted by Crippen LogP contribution is -2.38. The first-order valence-corrected chi connectivity index (χ1v) is 13.5. The average molecular weight is 551 g/mol. The lowest BCUT2D eigenvalue weighted by atomic mass is 9.92. The van der Waals surface area contributed by atoms with Crippen LogP contribution in [0.2, 0.25) is 0 Å². The number of carbonyl (C=O) groups is 2. The van der Waals surface area contributed by atoms with Crippen molar-refractivity contribution in [2.45, 2.75) is 26.0 Å². The molecule has 9 nitrogen and oxygen atoms in total. The van der Waals surface area contributed by atoms with Crippen molar-refractivity contribution in [1.82, 2.24) is 15.1 Å². The number of nitrogens with zero attached hydrogens (tertiary/aromatic N) is 3. The van der Waals surface area contributed by atoms with Crippen LogP contribution in [0.5, 0.6) is 11.5 Å². The fraction of sp³-hybridized carbons (Fsp3) is 0.345. The standard InChI is InChI=1S/C29H34N4O5S/c1-19-25(28(35)38-17-20-10-7-6-8-11-20)26(22-12-9-13-23(36-4)27(22)37-5)33-21(18-39-29(33)31-19)16-24(34)30-14-15-32(2)3/h6-13,18,26H,14-17H2,1-5H3,(H,30,34). The summed E-state index contributed by atoms with van der Waals surface area (Å²) in [5.74, 6) is 0.438. The second-order valence-corrected chi connectivity index (χ2v) is 10.2. The van der Waals surface area contributed by atoms with Crippen molar-refractivity contribution >= 4 is 28.8 Å². The molecule has 2 heterocycles. The number of hydrogen-bond acceptors (Lipinski definition) is 9. The number of amidine groups is 1. The fourth-order valence-corrected chi connectivity index (χ4v) is 5.46. The summed E-state index contributed by atoms with van der Waals surface area (Å²) in [6.07, 6.45) is 0.133. The minimum atomic E-state index is -0.637.